The molecule has 108 valence electrons. The number of carboxylic acid groups (broad SMARTS) is 1. The minimum atomic E-state index is -0.922. The number of carbonyl (C=O) groups is 2. The van der Waals surface area contributed by atoms with Crippen molar-refractivity contribution >= 4 is 12.0 Å². The summed E-state index contributed by atoms with van der Waals surface area (Å²) in [5.74, 6) is -0.827. The highest BCUT2D eigenvalue weighted by molar-refractivity contribution is 5.77. The van der Waals surface area contributed by atoms with Gasteiger partial charge in [-0.2, -0.15) is 0 Å². The lowest BCUT2D eigenvalue weighted by atomic mass is 9.87. The maximum atomic E-state index is 11.8. The topological polar surface area (TPSA) is 87.7 Å². The molecule has 3 N–H and O–H groups in total. The average molecular weight is 270 g/mol. The van der Waals surface area contributed by atoms with Crippen molar-refractivity contribution in [1.82, 2.24) is 10.6 Å². The van der Waals surface area contributed by atoms with Crippen molar-refractivity contribution in [3.8, 4) is 0 Å². The second-order valence-corrected chi connectivity index (χ2v) is 5.66. The zero-order valence-electron chi connectivity index (χ0n) is 11.2. The second-order valence-electron chi connectivity index (χ2n) is 5.66. The van der Waals surface area contributed by atoms with Crippen LogP contribution in [0.4, 0.5) is 4.79 Å². The normalized spacial score (nSPS) is 34.8. The Hall–Kier alpha value is -1.30. The lowest BCUT2D eigenvalue weighted by Gasteiger charge is -2.27. The van der Waals surface area contributed by atoms with Crippen molar-refractivity contribution in [1.29, 1.82) is 0 Å². The van der Waals surface area contributed by atoms with Crippen LogP contribution < -0.4 is 10.6 Å². The fourth-order valence-electron chi connectivity index (χ4n) is 2.74. The summed E-state index contributed by atoms with van der Waals surface area (Å²) < 4.78 is 5.11. The van der Waals surface area contributed by atoms with E-state index in [1.807, 2.05) is 0 Å². The summed E-state index contributed by atoms with van der Waals surface area (Å²) in [5, 5.41) is 14.6. The van der Waals surface area contributed by atoms with E-state index in [0.717, 1.165) is 31.6 Å². The van der Waals surface area contributed by atoms with E-state index in [-0.39, 0.29) is 25.3 Å². The smallest absolute Gasteiger partial charge is 0.315 e. The Labute approximate surface area is 112 Å². The molecule has 2 atom stereocenters. The molecule has 6 nitrogen and oxygen atoms in total. The molecule has 1 saturated heterocycles. The Morgan fingerprint density at radius 3 is 2.42 bits per heavy atom. The number of rotatable bonds is 3. The predicted molar refractivity (Wildman–Crippen MR) is 68.8 cm³/mol. The molecule has 2 unspecified atom stereocenters. The first kappa shape index (κ1) is 14.1. The maximum Gasteiger partial charge on any atom is 0.315 e. The Morgan fingerprint density at radius 2 is 1.79 bits per heavy atom. The van der Waals surface area contributed by atoms with Crippen molar-refractivity contribution in [2.24, 2.45) is 11.8 Å². The van der Waals surface area contributed by atoms with Crippen LogP contribution in [-0.2, 0) is 9.53 Å². The van der Waals surface area contributed by atoms with Crippen LogP contribution in [-0.4, -0.2) is 42.4 Å². The van der Waals surface area contributed by atoms with Gasteiger partial charge in [-0.15, -0.1) is 0 Å². The van der Waals surface area contributed by atoms with Gasteiger partial charge in [-0.3, -0.25) is 4.79 Å². The number of carboxylic acids is 1. The molecule has 6 heteroatoms. The highest BCUT2D eigenvalue weighted by atomic mass is 16.5. The zero-order valence-corrected chi connectivity index (χ0v) is 11.2. The van der Waals surface area contributed by atoms with Crippen LogP contribution in [0.2, 0.25) is 0 Å². The quantitative estimate of drug-likeness (QED) is 0.713. The fourth-order valence-corrected chi connectivity index (χ4v) is 2.74. The Kier molecular flexibility index (Phi) is 4.63. The molecule has 2 amide bonds. The van der Waals surface area contributed by atoms with Crippen LogP contribution in [0.25, 0.3) is 0 Å². The van der Waals surface area contributed by atoms with Gasteiger partial charge in [-0.05, 0) is 31.6 Å². The summed E-state index contributed by atoms with van der Waals surface area (Å²) in [6.07, 6.45) is 4.26. The van der Waals surface area contributed by atoms with E-state index >= 15 is 0 Å². The molecule has 2 aliphatic rings. The van der Waals surface area contributed by atoms with Crippen molar-refractivity contribution < 1.29 is 19.4 Å². The summed E-state index contributed by atoms with van der Waals surface area (Å²) in [4.78, 5) is 22.8. The first-order valence-corrected chi connectivity index (χ1v) is 6.94. The van der Waals surface area contributed by atoms with E-state index in [0.29, 0.717) is 0 Å². The monoisotopic (exact) mass is 270 g/mol. The molecule has 1 heterocycles. The molecule has 0 aromatic carbocycles. The van der Waals surface area contributed by atoms with E-state index in [1.54, 1.807) is 0 Å². The molecular formula is C13H22N2O4. The fraction of sp³-hybridized carbons (Fsp3) is 0.846. The predicted octanol–water partition coefficient (Wildman–Crippen LogP) is 0.964. The van der Waals surface area contributed by atoms with Crippen LogP contribution in [0.15, 0.2) is 0 Å². The van der Waals surface area contributed by atoms with E-state index < -0.39 is 17.9 Å². The molecule has 1 aliphatic heterocycles. The van der Waals surface area contributed by atoms with Crippen molar-refractivity contribution in [3.63, 3.8) is 0 Å². The molecule has 19 heavy (non-hydrogen) atoms. The van der Waals surface area contributed by atoms with Crippen molar-refractivity contribution in [2.45, 2.75) is 44.7 Å². The summed E-state index contributed by atoms with van der Waals surface area (Å²) in [6.45, 7) is 2.66. The van der Waals surface area contributed by atoms with Gasteiger partial charge in [0.25, 0.3) is 0 Å². The molecule has 1 aliphatic carbocycles. The second kappa shape index (κ2) is 6.23. The third-order valence-electron chi connectivity index (χ3n) is 4.07. The molecule has 1 saturated carbocycles. The van der Waals surface area contributed by atoms with Crippen LogP contribution >= 0.6 is 0 Å². The number of hydrogen-bond acceptors (Lipinski definition) is 3. The van der Waals surface area contributed by atoms with Crippen LogP contribution in [0.1, 0.15) is 32.6 Å². The summed E-state index contributed by atoms with van der Waals surface area (Å²) >= 11 is 0. The number of nitrogens with one attached hydrogen (secondary N) is 2. The summed E-state index contributed by atoms with van der Waals surface area (Å²) in [7, 11) is 0. The SMILES string of the molecule is CC1CCC(NC(=O)NC2COCC2C(=O)O)CC1. The van der Waals surface area contributed by atoms with Gasteiger partial charge < -0.3 is 20.5 Å². The van der Waals surface area contributed by atoms with E-state index in [2.05, 4.69) is 17.6 Å². The highest BCUT2D eigenvalue weighted by Gasteiger charge is 2.35. The minimum absolute atomic E-state index is 0.168. The van der Waals surface area contributed by atoms with Gasteiger partial charge in [0, 0.05) is 6.04 Å². The molecule has 0 aromatic rings. The summed E-state index contributed by atoms with van der Waals surface area (Å²) in [5.41, 5.74) is 0. The van der Waals surface area contributed by atoms with Crippen LogP contribution in [0.5, 0.6) is 0 Å². The molecule has 2 rings (SSSR count). The Morgan fingerprint density at radius 1 is 1.11 bits per heavy atom. The maximum absolute atomic E-state index is 11.8. The van der Waals surface area contributed by atoms with Gasteiger partial charge in [0.1, 0.15) is 5.92 Å². The molecule has 2 fully saturated rings. The number of aliphatic carboxylic acids is 1. The van der Waals surface area contributed by atoms with E-state index in [9.17, 15) is 9.59 Å². The van der Waals surface area contributed by atoms with Crippen LogP contribution in [0.3, 0.4) is 0 Å². The number of ether oxygens (including phenoxy) is 1. The number of urea groups is 1. The summed E-state index contributed by atoms with van der Waals surface area (Å²) in [6, 6.07) is -0.497. The van der Waals surface area contributed by atoms with Gasteiger partial charge in [-0.25, -0.2) is 4.79 Å². The lowest BCUT2D eigenvalue weighted by Crippen LogP contribution is -2.50. The van der Waals surface area contributed by atoms with Crippen LogP contribution in [0, 0.1) is 11.8 Å². The largest absolute Gasteiger partial charge is 0.481 e. The first-order valence-electron chi connectivity index (χ1n) is 6.94. The highest BCUT2D eigenvalue weighted by Crippen LogP contribution is 2.23. The lowest BCUT2D eigenvalue weighted by molar-refractivity contribution is -0.142. The average Bonchev–Trinajstić information content (AvgIpc) is 2.80. The Bertz CT molecular complexity index is 340. The zero-order chi connectivity index (χ0) is 13.8. The standard InChI is InChI=1S/C13H22N2O4/c1-8-2-4-9(5-3-8)14-13(18)15-11-7-19-6-10(11)12(16)17/h8-11H,2-7H2,1H3,(H,16,17)(H2,14,15,18). The van der Waals surface area contributed by atoms with E-state index in [1.165, 1.54) is 0 Å². The van der Waals surface area contributed by atoms with Crippen molar-refractivity contribution in [2.75, 3.05) is 13.2 Å². The number of amides is 2. The minimum Gasteiger partial charge on any atom is -0.481 e. The van der Waals surface area contributed by atoms with Crippen molar-refractivity contribution in [3.05, 3.63) is 0 Å². The third-order valence-corrected chi connectivity index (χ3v) is 4.07. The first-order chi connectivity index (χ1) is 9.06. The van der Waals surface area contributed by atoms with E-state index in [4.69, 9.17) is 9.84 Å². The van der Waals surface area contributed by atoms with Gasteiger partial charge >= 0.3 is 12.0 Å². The molecule has 0 aromatic heterocycles. The van der Waals surface area contributed by atoms with Gasteiger partial charge in [0.2, 0.25) is 0 Å². The third kappa shape index (κ3) is 3.83. The number of hydrogen-bond donors (Lipinski definition) is 3. The molecule has 0 spiro atoms. The van der Waals surface area contributed by atoms with Gasteiger partial charge in [-0.1, -0.05) is 6.92 Å². The molecule has 0 radical (unpaired) electrons. The Balaban J connectivity index is 1.76. The molecular weight excluding hydrogens is 248 g/mol. The number of carbonyl (C=O) groups excluding carboxylic acids is 1. The van der Waals surface area contributed by atoms with Gasteiger partial charge in [0.05, 0.1) is 19.3 Å². The van der Waals surface area contributed by atoms with Gasteiger partial charge in [0.15, 0.2) is 0 Å². The molecule has 0 bridgehead atoms.